The molecule has 0 bridgehead atoms. The van der Waals surface area contributed by atoms with Crippen LogP contribution in [0.1, 0.15) is 44.4 Å². The molecule has 6 nitrogen and oxygen atoms in total. The summed E-state index contributed by atoms with van der Waals surface area (Å²) in [6.45, 7) is 7.47. The predicted molar refractivity (Wildman–Crippen MR) is 117 cm³/mol. The van der Waals surface area contributed by atoms with E-state index in [4.69, 9.17) is 4.74 Å². The quantitative estimate of drug-likeness (QED) is 0.672. The second kappa shape index (κ2) is 9.78. The van der Waals surface area contributed by atoms with Crippen molar-refractivity contribution in [1.29, 1.82) is 0 Å². The number of nitrogens with zero attached hydrogens (tertiary/aromatic N) is 1. The Hall–Kier alpha value is -2.54. The van der Waals surface area contributed by atoms with E-state index in [1.807, 2.05) is 52.0 Å². The fourth-order valence-electron chi connectivity index (χ4n) is 2.97. The molecule has 1 atom stereocenters. The van der Waals surface area contributed by atoms with Crippen molar-refractivity contribution < 1.29 is 17.9 Å². The molecule has 29 heavy (non-hydrogen) atoms. The molecule has 1 amide bonds. The Balaban J connectivity index is 2.20. The van der Waals surface area contributed by atoms with Crippen LogP contribution in [0.2, 0.25) is 0 Å². The van der Waals surface area contributed by atoms with Crippen molar-refractivity contribution in [2.75, 3.05) is 17.1 Å². The minimum Gasteiger partial charge on any atom is -0.491 e. The van der Waals surface area contributed by atoms with Gasteiger partial charge >= 0.3 is 0 Å². The maximum absolute atomic E-state index is 12.7. The molecule has 0 aliphatic rings. The van der Waals surface area contributed by atoms with E-state index in [9.17, 15) is 13.2 Å². The normalized spacial score (nSPS) is 12.5. The van der Waals surface area contributed by atoms with Gasteiger partial charge in [-0.2, -0.15) is 0 Å². The number of rotatable bonds is 9. The molecule has 0 heterocycles. The summed E-state index contributed by atoms with van der Waals surface area (Å²) < 4.78 is 31.5. The van der Waals surface area contributed by atoms with Gasteiger partial charge in [0.15, 0.2) is 0 Å². The lowest BCUT2D eigenvalue weighted by Crippen LogP contribution is -2.41. The number of nitrogens with one attached hydrogen (secondary N) is 1. The summed E-state index contributed by atoms with van der Waals surface area (Å²) in [5.74, 6) is 0.190. The number of sulfonamides is 1. The Labute approximate surface area is 173 Å². The summed E-state index contributed by atoms with van der Waals surface area (Å²) in [5.41, 5.74) is 2.52. The summed E-state index contributed by atoms with van der Waals surface area (Å²) in [6.07, 6.45) is 1.75. The Kier molecular flexibility index (Phi) is 7.67. The molecule has 0 aliphatic carbocycles. The van der Waals surface area contributed by atoms with E-state index in [2.05, 4.69) is 5.32 Å². The third kappa shape index (κ3) is 6.78. The third-order valence-electron chi connectivity index (χ3n) is 4.39. The average molecular weight is 419 g/mol. The van der Waals surface area contributed by atoms with Crippen molar-refractivity contribution >= 4 is 21.6 Å². The fraction of sp³-hybridized carbons (Fsp3) is 0.409. The van der Waals surface area contributed by atoms with Crippen LogP contribution < -0.4 is 14.4 Å². The number of hydrogen-bond donors (Lipinski definition) is 1. The zero-order chi connectivity index (χ0) is 21.6. The van der Waals surface area contributed by atoms with Crippen LogP contribution in [0.4, 0.5) is 5.69 Å². The van der Waals surface area contributed by atoms with Gasteiger partial charge in [-0.05, 0) is 44.9 Å². The van der Waals surface area contributed by atoms with E-state index in [0.717, 1.165) is 21.7 Å². The van der Waals surface area contributed by atoms with Crippen molar-refractivity contribution in [2.24, 2.45) is 0 Å². The molecule has 158 valence electrons. The van der Waals surface area contributed by atoms with Crippen LogP contribution in [0.3, 0.4) is 0 Å². The van der Waals surface area contributed by atoms with E-state index in [0.29, 0.717) is 17.9 Å². The number of anilines is 1. The first-order valence-electron chi connectivity index (χ1n) is 9.70. The predicted octanol–water partition coefficient (Wildman–Crippen LogP) is 3.82. The molecule has 0 saturated carbocycles. The standard InChI is InChI=1S/C22H30N2O4S/c1-6-21(18-12-10-17(4)11-13-18)23-22(25)15-24(29(5,26)27)19-8-7-9-20(14-19)28-16(2)3/h7-14,16,21H,6,15H2,1-5H3,(H,23,25). The molecule has 1 unspecified atom stereocenters. The third-order valence-corrected chi connectivity index (χ3v) is 5.53. The molecular weight excluding hydrogens is 388 g/mol. The molecule has 0 aliphatic heterocycles. The number of hydrogen-bond acceptors (Lipinski definition) is 4. The number of ether oxygens (including phenoxy) is 1. The lowest BCUT2D eigenvalue weighted by atomic mass is 10.0. The summed E-state index contributed by atoms with van der Waals surface area (Å²) in [5, 5.41) is 2.95. The van der Waals surface area contributed by atoms with Gasteiger partial charge in [-0.25, -0.2) is 8.42 Å². The van der Waals surface area contributed by atoms with Gasteiger partial charge < -0.3 is 10.1 Å². The first kappa shape index (κ1) is 22.7. The minimum atomic E-state index is -3.65. The van der Waals surface area contributed by atoms with Crippen molar-refractivity contribution in [3.63, 3.8) is 0 Å². The zero-order valence-corrected chi connectivity index (χ0v) is 18.5. The minimum absolute atomic E-state index is 0.0416. The van der Waals surface area contributed by atoms with E-state index < -0.39 is 10.0 Å². The molecule has 1 N–H and O–H groups in total. The number of aryl methyl sites for hydroxylation is 1. The summed E-state index contributed by atoms with van der Waals surface area (Å²) in [7, 11) is -3.65. The monoisotopic (exact) mass is 418 g/mol. The molecular formula is C22H30N2O4S. The highest BCUT2D eigenvalue weighted by Gasteiger charge is 2.23. The van der Waals surface area contributed by atoms with Gasteiger partial charge in [0.1, 0.15) is 12.3 Å². The Morgan fingerprint density at radius 2 is 1.79 bits per heavy atom. The number of benzene rings is 2. The summed E-state index contributed by atoms with van der Waals surface area (Å²) in [6, 6.07) is 14.5. The molecule has 0 fully saturated rings. The topological polar surface area (TPSA) is 75.7 Å². The van der Waals surface area contributed by atoms with Gasteiger partial charge in [0, 0.05) is 6.07 Å². The lowest BCUT2D eigenvalue weighted by Gasteiger charge is -2.24. The number of carbonyl (C=O) groups is 1. The van der Waals surface area contributed by atoms with Crippen molar-refractivity contribution in [3.8, 4) is 5.75 Å². The van der Waals surface area contributed by atoms with E-state index in [1.54, 1.807) is 24.3 Å². The van der Waals surface area contributed by atoms with Crippen LogP contribution in [0, 0.1) is 6.92 Å². The molecule has 0 radical (unpaired) electrons. The zero-order valence-electron chi connectivity index (χ0n) is 17.7. The van der Waals surface area contributed by atoms with Crippen molar-refractivity contribution in [1.82, 2.24) is 5.32 Å². The molecule has 0 aromatic heterocycles. The van der Waals surface area contributed by atoms with Gasteiger partial charge in [-0.3, -0.25) is 9.10 Å². The lowest BCUT2D eigenvalue weighted by molar-refractivity contribution is -0.120. The molecule has 7 heteroatoms. The SMILES string of the molecule is CCC(NC(=O)CN(c1cccc(OC(C)C)c1)S(C)(=O)=O)c1ccc(C)cc1. The van der Waals surface area contributed by atoms with Gasteiger partial charge in [0.2, 0.25) is 15.9 Å². The van der Waals surface area contributed by atoms with Crippen LogP contribution in [-0.2, 0) is 14.8 Å². The Morgan fingerprint density at radius 1 is 1.14 bits per heavy atom. The smallest absolute Gasteiger partial charge is 0.241 e. The van der Waals surface area contributed by atoms with Crippen molar-refractivity contribution in [2.45, 2.75) is 46.3 Å². The van der Waals surface area contributed by atoms with E-state index >= 15 is 0 Å². The highest BCUT2D eigenvalue weighted by atomic mass is 32.2. The highest BCUT2D eigenvalue weighted by molar-refractivity contribution is 7.92. The Morgan fingerprint density at radius 3 is 2.34 bits per heavy atom. The van der Waals surface area contributed by atoms with Gasteiger partial charge in [-0.1, -0.05) is 42.8 Å². The first-order valence-corrected chi connectivity index (χ1v) is 11.5. The Bertz CT molecular complexity index is 924. The fourth-order valence-corrected chi connectivity index (χ4v) is 3.82. The van der Waals surface area contributed by atoms with Crippen LogP contribution in [-0.4, -0.2) is 33.2 Å². The van der Waals surface area contributed by atoms with Gasteiger partial charge in [0.25, 0.3) is 0 Å². The van der Waals surface area contributed by atoms with Crippen LogP contribution >= 0.6 is 0 Å². The number of amides is 1. The highest BCUT2D eigenvalue weighted by Crippen LogP contribution is 2.24. The van der Waals surface area contributed by atoms with Gasteiger partial charge in [-0.15, -0.1) is 0 Å². The second-order valence-electron chi connectivity index (χ2n) is 7.37. The maximum Gasteiger partial charge on any atom is 0.241 e. The molecule has 2 aromatic carbocycles. The van der Waals surface area contributed by atoms with Gasteiger partial charge in [0.05, 0.1) is 24.1 Å². The first-order chi connectivity index (χ1) is 13.6. The maximum atomic E-state index is 12.7. The molecule has 2 aromatic rings. The van der Waals surface area contributed by atoms with Crippen LogP contribution in [0.15, 0.2) is 48.5 Å². The van der Waals surface area contributed by atoms with Crippen molar-refractivity contribution in [3.05, 3.63) is 59.7 Å². The van der Waals surface area contributed by atoms with Crippen LogP contribution in [0.5, 0.6) is 5.75 Å². The average Bonchev–Trinajstić information content (AvgIpc) is 2.64. The van der Waals surface area contributed by atoms with Crippen LogP contribution in [0.25, 0.3) is 0 Å². The summed E-state index contributed by atoms with van der Waals surface area (Å²) >= 11 is 0. The summed E-state index contributed by atoms with van der Waals surface area (Å²) in [4.78, 5) is 12.7. The second-order valence-corrected chi connectivity index (χ2v) is 9.28. The number of carbonyl (C=O) groups excluding carboxylic acids is 1. The van der Waals surface area contributed by atoms with E-state index in [1.165, 1.54) is 0 Å². The largest absolute Gasteiger partial charge is 0.491 e. The molecule has 2 rings (SSSR count). The van der Waals surface area contributed by atoms with E-state index in [-0.39, 0.29) is 24.6 Å². The molecule has 0 saturated heterocycles. The molecule has 0 spiro atoms.